The first-order valence-electron chi connectivity index (χ1n) is 8.87. The number of benzene rings is 1. The van der Waals surface area contributed by atoms with Gasteiger partial charge in [0.2, 0.25) is 0 Å². The minimum absolute atomic E-state index is 0.0129. The summed E-state index contributed by atoms with van der Waals surface area (Å²) in [4.78, 5) is 21.5. The number of pyridine rings is 1. The van der Waals surface area contributed by atoms with Crippen LogP contribution >= 0.6 is 0 Å². The molecule has 0 saturated heterocycles. The van der Waals surface area contributed by atoms with E-state index in [1.54, 1.807) is 29.0 Å². The molecule has 1 aromatic carbocycles. The molecule has 2 heterocycles. The molecule has 0 unspecified atom stereocenters. The van der Waals surface area contributed by atoms with E-state index in [4.69, 9.17) is 5.26 Å². The van der Waals surface area contributed by atoms with Gasteiger partial charge >= 0.3 is 0 Å². The molecule has 27 heavy (non-hydrogen) atoms. The summed E-state index contributed by atoms with van der Waals surface area (Å²) in [6.45, 7) is 6.81. The van der Waals surface area contributed by atoms with Gasteiger partial charge in [0, 0.05) is 18.3 Å². The molecule has 0 saturated carbocycles. The zero-order valence-corrected chi connectivity index (χ0v) is 15.7. The predicted molar refractivity (Wildman–Crippen MR) is 105 cm³/mol. The maximum atomic E-state index is 12.8. The topological polar surface area (TPSA) is 71.6 Å². The summed E-state index contributed by atoms with van der Waals surface area (Å²) in [6, 6.07) is 10.8. The van der Waals surface area contributed by atoms with Crippen molar-refractivity contribution in [2.45, 2.75) is 33.7 Å². The lowest BCUT2D eigenvalue weighted by Crippen LogP contribution is -2.24. The number of hydrogen-bond donors (Lipinski definition) is 0. The first-order chi connectivity index (χ1) is 13.0. The van der Waals surface area contributed by atoms with E-state index >= 15 is 0 Å². The highest BCUT2D eigenvalue weighted by Gasteiger charge is 2.09. The SMILES string of the molecule is Cc1nc2cc(C#Cc3cc(C#N)ccn3)ccc2c(=O)n1CCC(C)C. The fraction of sp³-hybridized carbons (Fsp3) is 0.273. The molecule has 0 N–H and O–H groups in total. The molecule has 0 fully saturated rings. The molecular weight excluding hydrogens is 336 g/mol. The molecule has 0 bridgehead atoms. The second-order valence-electron chi connectivity index (χ2n) is 6.82. The number of rotatable bonds is 3. The largest absolute Gasteiger partial charge is 0.296 e. The lowest BCUT2D eigenvalue weighted by atomic mass is 10.1. The van der Waals surface area contributed by atoms with Crippen molar-refractivity contribution in [1.29, 1.82) is 5.26 Å². The van der Waals surface area contributed by atoms with E-state index in [2.05, 4.69) is 41.7 Å². The van der Waals surface area contributed by atoms with Crippen molar-refractivity contribution in [3.8, 4) is 17.9 Å². The second kappa shape index (κ2) is 7.85. The molecule has 3 rings (SSSR count). The monoisotopic (exact) mass is 356 g/mol. The van der Waals surface area contributed by atoms with Gasteiger partial charge < -0.3 is 0 Å². The Balaban J connectivity index is 1.97. The number of nitriles is 1. The molecule has 3 aromatic rings. The van der Waals surface area contributed by atoms with Crippen molar-refractivity contribution < 1.29 is 0 Å². The summed E-state index contributed by atoms with van der Waals surface area (Å²) in [6.07, 6.45) is 2.50. The molecule has 134 valence electrons. The zero-order chi connectivity index (χ0) is 19.4. The predicted octanol–water partition coefficient (Wildman–Crippen LogP) is 3.42. The average Bonchev–Trinajstić information content (AvgIpc) is 2.66. The number of fused-ring (bicyclic) bond motifs is 1. The van der Waals surface area contributed by atoms with Gasteiger partial charge in [-0.15, -0.1) is 0 Å². The quantitative estimate of drug-likeness (QED) is 0.674. The van der Waals surface area contributed by atoms with Crippen LogP contribution in [0.25, 0.3) is 10.9 Å². The van der Waals surface area contributed by atoms with Crippen molar-refractivity contribution in [2.75, 3.05) is 0 Å². The molecule has 0 aliphatic rings. The van der Waals surface area contributed by atoms with E-state index in [-0.39, 0.29) is 5.56 Å². The van der Waals surface area contributed by atoms with Crippen LogP contribution in [0.3, 0.4) is 0 Å². The Morgan fingerprint density at radius 3 is 2.70 bits per heavy atom. The summed E-state index contributed by atoms with van der Waals surface area (Å²) < 4.78 is 1.74. The van der Waals surface area contributed by atoms with E-state index in [0.717, 1.165) is 12.0 Å². The van der Waals surface area contributed by atoms with Crippen LogP contribution in [0.1, 0.15) is 42.9 Å². The van der Waals surface area contributed by atoms with E-state index in [0.29, 0.717) is 40.4 Å². The van der Waals surface area contributed by atoms with Crippen molar-refractivity contribution in [3.05, 3.63) is 69.5 Å². The van der Waals surface area contributed by atoms with Crippen LogP contribution in [0.5, 0.6) is 0 Å². The number of aromatic nitrogens is 3. The molecule has 2 aromatic heterocycles. The second-order valence-corrected chi connectivity index (χ2v) is 6.82. The highest BCUT2D eigenvalue weighted by molar-refractivity contribution is 5.79. The maximum absolute atomic E-state index is 12.8. The Bertz CT molecular complexity index is 1160. The van der Waals surface area contributed by atoms with Gasteiger partial charge in [0.15, 0.2) is 0 Å². The smallest absolute Gasteiger partial charge is 0.261 e. The summed E-state index contributed by atoms with van der Waals surface area (Å²) in [5.41, 5.74) is 2.43. The Labute approximate surface area is 158 Å². The number of nitrogens with zero attached hydrogens (tertiary/aromatic N) is 4. The molecule has 5 heteroatoms. The Kier molecular flexibility index (Phi) is 5.33. The molecule has 0 atom stereocenters. The molecular formula is C22H20N4O. The highest BCUT2D eigenvalue weighted by atomic mass is 16.1. The maximum Gasteiger partial charge on any atom is 0.261 e. The van der Waals surface area contributed by atoms with E-state index in [1.165, 1.54) is 0 Å². The standard InChI is InChI=1S/C22H20N4O/c1-15(2)9-11-26-16(3)25-21-13-17(5-7-20(21)22(26)27)4-6-19-12-18(14-23)8-10-24-19/h5,7-8,10,12-13,15H,9,11H2,1-3H3. The van der Waals surface area contributed by atoms with Gasteiger partial charge in [0.1, 0.15) is 11.5 Å². The van der Waals surface area contributed by atoms with Crippen molar-refractivity contribution in [2.24, 2.45) is 5.92 Å². The first kappa shape index (κ1) is 18.4. The van der Waals surface area contributed by atoms with Crippen LogP contribution < -0.4 is 5.56 Å². The van der Waals surface area contributed by atoms with E-state index in [1.807, 2.05) is 19.1 Å². The third kappa shape index (κ3) is 4.22. The highest BCUT2D eigenvalue weighted by Crippen LogP contribution is 2.12. The van der Waals surface area contributed by atoms with E-state index in [9.17, 15) is 4.79 Å². The third-order valence-electron chi connectivity index (χ3n) is 4.30. The number of aryl methyl sites for hydroxylation is 1. The van der Waals surface area contributed by atoms with Crippen LogP contribution in [0, 0.1) is 36.0 Å². The van der Waals surface area contributed by atoms with Crippen molar-refractivity contribution >= 4 is 10.9 Å². The van der Waals surface area contributed by atoms with Gasteiger partial charge in [0.05, 0.1) is 22.5 Å². The van der Waals surface area contributed by atoms with Gasteiger partial charge in [-0.05, 0) is 55.5 Å². The summed E-state index contributed by atoms with van der Waals surface area (Å²) in [7, 11) is 0. The van der Waals surface area contributed by atoms with Crippen LogP contribution in [-0.2, 0) is 6.54 Å². The average molecular weight is 356 g/mol. The Morgan fingerprint density at radius 2 is 1.96 bits per heavy atom. The lowest BCUT2D eigenvalue weighted by Gasteiger charge is -2.12. The minimum atomic E-state index is -0.0129. The van der Waals surface area contributed by atoms with Crippen molar-refractivity contribution in [3.63, 3.8) is 0 Å². The normalized spacial score (nSPS) is 10.5. The summed E-state index contributed by atoms with van der Waals surface area (Å²) >= 11 is 0. The van der Waals surface area contributed by atoms with Crippen LogP contribution in [0.4, 0.5) is 0 Å². The van der Waals surface area contributed by atoms with E-state index < -0.39 is 0 Å². The minimum Gasteiger partial charge on any atom is -0.296 e. The Morgan fingerprint density at radius 1 is 1.15 bits per heavy atom. The summed E-state index contributed by atoms with van der Waals surface area (Å²) in [5, 5.41) is 9.54. The van der Waals surface area contributed by atoms with Crippen molar-refractivity contribution in [1.82, 2.24) is 14.5 Å². The third-order valence-corrected chi connectivity index (χ3v) is 4.30. The van der Waals surface area contributed by atoms with Gasteiger partial charge in [-0.25, -0.2) is 9.97 Å². The number of hydrogen-bond acceptors (Lipinski definition) is 4. The van der Waals surface area contributed by atoms with Gasteiger partial charge in [0.25, 0.3) is 5.56 Å². The lowest BCUT2D eigenvalue weighted by molar-refractivity contribution is 0.498. The van der Waals surface area contributed by atoms with Gasteiger partial charge in [-0.3, -0.25) is 9.36 Å². The fourth-order valence-corrected chi connectivity index (χ4v) is 2.77. The molecule has 0 amide bonds. The Hall–Kier alpha value is -3.44. The zero-order valence-electron chi connectivity index (χ0n) is 15.7. The first-order valence-corrected chi connectivity index (χ1v) is 8.87. The van der Waals surface area contributed by atoms with Gasteiger partial charge in [-0.1, -0.05) is 19.8 Å². The molecule has 0 aliphatic carbocycles. The van der Waals surface area contributed by atoms with Crippen LogP contribution in [0.2, 0.25) is 0 Å². The molecule has 0 radical (unpaired) electrons. The molecule has 5 nitrogen and oxygen atoms in total. The van der Waals surface area contributed by atoms with Crippen LogP contribution in [0.15, 0.2) is 41.3 Å². The fourth-order valence-electron chi connectivity index (χ4n) is 2.77. The molecule has 0 spiro atoms. The van der Waals surface area contributed by atoms with Crippen LogP contribution in [-0.4, -0.2) is 14.5 Å². The summed E-state index contributed by atoms with van der Waals surface area (Å²) in [5.74, 6) is 7.21. The molecule has 0 aliphatic heterocycles. The van der Waals surface area contributed by atoms with Gasteiger partial charge in [-0.2, -0.15) is 5.26 Å².